The molecule has 0 bridgehead atoms. The van der Waals surface area contributed by atoms with Gasteiger partial charge in [0.05, 0.1) is 16.9 Å². The summed E-state index contributed by atoms with van der Waals surface area (Å²) < 4.78 is 47.9. The Balaban J connectivity index is 2.21. The number of carboxylic acids is 1. The number of aliphatic carboxylic acids is 1. The monoisotopic (exact) mass is 343 g/mol. The van der Waals surface area contributed by atoms with Gasteiger partial charge in [0.2, 0.25) is 10.0 Å². The standard InChI is InChI=1S/C10H17NO6S3/c1-19(14,15)4-5-20(16,17)11-8(10(12)13)6-18-9(11)7-2-3-7/h7-9H,2-6H2,1H3,(H,12,13). The molecule has 1 heterocycles. The molecule has 1 aliphatic carbocycles. The second-order valence-electron chi connectivity index (χ2n) is 5.19. The highest BCUT2D eigenvalue weighted by molar-refractivity contribution is 8.01. The molecule has 2 rings (SSSR count). The molecule has 2 aliphatic rings. The van der Waals surface area contributed by atoms with Crippen molar-refractivity contribution in [1.82, 2.24) is 4.31 Å². The third-order valence-corrected chi connectivity index (χ3v) is 7.97. The normalized spacial score (nSPS) is 28.6. The number of sulfone groups is 1. The van der Waals surface area contributed by atoms with Crippen LogP contribution in [0, 0.1) is 5.92 Å². The smallest absolute Gasteiger partial charge is 0.322 e. The van der Waals surface area contributed by atoms with E-state index in [0.29, 0.717) is 0 Å². The maximum absolute atomic E-state index is 12.3. The summed E-state index contributed by atoms with van der Waals surface area (Å²) in [5, 5.41) is 8.80. The number of sulfonamides is 1. The Hall–Kier alpha value is -0.320. The quantitative estimate of drug-likeness (QED) is 0.699. The minimum Gasteiger partial charge on any atom is -0.480 e. The zero-order valence-electron chi connectivity index (χ0n) is 10.9. The van der Waals surface area contributed by atoms with E-state index in [1.165, 1.54) is 11.8 Å². The molecule has 10 heteroatoms. The van der Waals surface area contributed by atoms with Gasteiger partial charge in [0, 0.05) is 12.0 Å². The molecule has 116 valence electrons. The van der Waals surface area contributed by atoms with E-state index in [1.807, 2.05) is 0 Å². The molecular weight excluding hydrogens is 326 g/mol. The Morgan fingerprint density at radius 2 is 1.85 bits per heavy atom. The van der Waals surface area contributed by atoms with Crippen molar-refractivity contribution >= 4 is 37.6 Å². The lowest BCUT2D eigenvalue weighted by atomic mass is 10.3. The van der Waals surface area contributed by atoms with Crippen LogP contribution in [0.5, 0.6) is 0 Å². The Morgan fingerprint density at radius 3 is 2.30 bits per heavy atom. The van der Waals surface area contributed by atoms with Crippen LogP contribution in [0.2, 0.25) is 0 Å². The van der Waals surface area contributed by atoms with Crippen molar-refractivity contribution < 1.29 is 26.7 Å². The van der Waals surface area contributed by atoms with Crippen molar-refractivity contribution in [2.24, 2.45) is 5.92 Å². The van der Waals surface area contributed by atoms with Crippen LogP contribution in [-0.2, 0) is 24.7 Å². The van der Waals surface area contributed by atoms with Gasteiger partial charge in [-0.15, -0.1) is 11.8 Å². The van der Waals surface area contributed by atoms with Crippen molar-refractivity contribution in [3.63, 3.8) is 0 Å². The van der Waals surface area contributed by atoms with Gasteiger partial charge >= 0.3 is 5.97 Å². The lowest BCUT2D eigenvalue weighted by molar-refractivity contribution is -0.140. The third kappa shape index (κ3) is 3.66. The number of thioether (sulfide) groups is 1. The molecule has 2 fully saturated rings. The summed E-state index contributed by atoms with van der Waals surface area (Å²) in [5.41, 5.74) is 0. The van der Waals surface area contributed by atoms with Gasteiger partial charge in [0.1, 0.15) is 15.9 Å². The van der Waals surface area contributed by atoms with Crippen LogP contribution in [-0.4, -0.2) is 67.1 Å². The molecule has 0 amide bonds. The number of hydrogen-bond donors (Lipinski definition) is 1. The molecule has 0 aromatic carbocycles. The van der Waals surface area contributed by atoms with Crippen LogP contribution in [0.15, 0.2) is 0 Å². The summed E-state index contributed by atoms with van der Waals surface area (Å²) in [6, 6.07) is -1.09. The summed E-state index contributed by atoms with van der Waals surface area (Å²) in [6.45, 7) is 0. The summed E-state index contributed by atoms with van der Waals surface area (Å²) in [4.78, 5) is 11.2. The molecule has 20 heavy (non-hydrogen) atoms. The van der Waals surface area contributed by atoms with Gasteiger partial charge in [-0.3, -0.25) is 4.79 Å². The second kappa shape index (κ2) is 5.47. The topological polar surface area (TPSA) is 109 Å². The first-order valence-electron chi connectivity index (χ1n) is 6.15. The Labute approximate surface area is 122 Å². The molecule has 1 saturated heterocycles. The Kier molecular flexibility index (Phi) is 4.39. The molecule has 1 aliphatic heterocycles. The molecule has 7 nitrogen and oxygen atoms in total. The largest absolute Gasteiger partial charge is 0.480 e. The average molecular weight is 343 g/mol. The number of carbonyl (C=O) groups is 1. The lowest BCUT2D eigenvalue weighted by Crippen LogP contribution is -2.47. The van der Waals surface area contributed by atoms with Crippen molar-refractivity contribution in [2.75, 3.05) is 23.5 Å². The third-order valence-electron chi connectivity index (χ3n) is 3.33. The highest BCUT2D eigenvalue weighted by Gasteiger charge is 2.51. The highest BCUT2D eigenvalue weighted by atomic mass is 32.2. The van der Waals surface area contributed by atoms with Gasteiger partial charge in [-0.25, -0.2) is 16.8 Å². The molecule has 2 unspecified atom stereocenters. The average Bonchev–Trinajstić information content (AvgIpc) is 3.03. The van der Waals surface area contributed by atoms with E-state index < -0.39 is 43.4 Å². The maximum Gasteiger partial charge on any atom is 0.322 e. The fraction of sp³-hybridized carbons (Fsp3) is 0.900. The van der Waals surface area contributed by atoms with Crippen LogP contribution < -0.4 is 0 Å². The predicted molar refractivity (Wildman–Crippen MR) is 75.7 cm³/mol. The van der Waals surface area contributed by atoms with Crippen molar-refractivity contribution in [1.29, 1.82) is 0 Å². The molecule has 1 saturated carbocycles. The van der Waals surface area contributed by atoms with Crippen molar-refractivity contribution in [2.45, 2.75) is 24.3 Å². The zero-order valence-corrected chi connectivity index (χ0v) is 13.4. The molecule has 0 aromatic heterocycles. The van der Waals surface area contributed by atoms with E-state index in [4.69, 9.17) is 5.11 Å². The van der Waals surface area contributed by atoms with E-state index in [2.05, 4.69) is 0 Å². The summed E-state index contributed by atoms with van der Waals surface area (Å²) in [5.74, 6) is -1.81. The fourth-order valence-corrected chi connectivity index (χ4v) is 7.63. The number of hydrogen-bond acceptors (Lipinski definition) is 6. The minimum atomic E-state index is -3.89. The van der Waals surface area contributed by atoms with E-state index in [1.54, 1.807) is 0 Å². The van der Waals surface area contributed by atoms with Gasteiger partial charge in [-0.2, -0.15) is 4.31 Å². The van der Waals surface area contributed by atoms with Gasteiger partial charge in [-0.05, 0) is 18.8 Å². The van der Waals surface area contributed by atoms with Crippen molar-refractivity contribution in [3.8, 4) is 0 Å². The number of nitrogens with zero attached hydrogens (tertiary/aromatic N) is 1. The molecule has 1 N–H and O–H groups in total. The SMILES string of the molecule is CS(=O)(=O)CCS(=O)(=O)N1C(C(=O)O)CSC1C1CC1. The lowest BCUT2D eigenvalue weighted by Gasteiger charge is -2.26. The first kappa shape index (κ1) is 16.1. The Morgan fingerprint density at radius 1 is 1.25 bits per heavy atom. The highest BCUT2D eigenvalue weighted by Crippen LogP contribution is 2.46. The van der Waals surface area contributed by atoms with Gasteiger partial charge < -0.3 is 5.11 Å². The number of carboxylic acid groups (broad SMARTS) is 1. The fourth-order valence-electron chi connectivity index (χ4n) is 2.13. The predicted octanol–water partition coefficient (Wildman–Crippen LogP) is -0.401. The van der Waals surface area contributed by atoms with Crippen LogP contribution >= 0.6 is 11.8 Å². The molecule has 0 radical (unpaired) electrons. The zero-order chi connectivity index (χ0) is 15.1. The number of rotatable bonds is 6. The molecule has 2 atom stereocenters. The summed E-state index contributed by atoms with van der Waals surface area (Å²) in [7, 11) is -7.30. The first-order valence-corrected chi connectivity index (χ1v) is 10.9. The van der Waals surface area contributed by atoms with Crippen molar-refractivity contribution in [3.05, 3.63) is 0 Å². The first-order chi connectivity index (χ1) is 9.12. The van der Waals surface area contributed by atoms with Gasteiger partial charge in [-0.1, -0.05) is 0 Å². The van der Waals surface area contributed by atoms with Gasteiger partial charge in [0.25, 0.3) is 0 Å². The maximum atomic E-state index is 12.3. The molecule has 0 aromatic rings. The van der Waals surface area contributed by atoms with Crippen LogP contribution in [0.25, 0.3) is 0 Å². The van der Waals surface area contributed by atoms with E-state index >= 15 is 0 Å². The van der Waals surface area contributed by atoms with Gasteiger partial charge in [0.15, 0.2) is 0 Å². The van der Waals surface area contributed by atoms with E-state index in [9.17, 15) is 21.6 Å². The molecular formula is C10H17NO6S3. The minimum absolute atomic E-state index is 0.192. The summed E-state index contributed by atoms with van der Waals surface area (Å²) in [6.07, 6.45) is 2.75. The van der Waals surface area contributed by atoms with Crippen LogP contribution in [0.3, 0.4) is 0 Å². The van der Waals surface area contributed by atoms with Crippen LogP contribution in [0.4, 0.5) is 0 Å². The summed E-state index contributed by atoms with van der Waals surface area (Å²) >= 11 is 1.33. The Bertz CT molecular complexity index is 594. The molecule has 0 spiro atoms. The van der Waals surface area contributed by atoms with E-state index in [-0.39, 0.29) is 17.0 Å². The van der Waals surface area contributed by atoms with Crippen LogP contribution in [0.1, 0.15) is 12.8 Å². The second-order valence-corrected chi connectivity index (χ2v) is 10.6. The van der Waals surface area contributed by atoms with E-state index in [0.717, 1.165) is 23.4 Å².